The molecule has 0 amide bonds. The van der Waals surface area contributed by atoms with Gasteiger partial charge in [-0.25, -0.2) is 4.39 Å². The molecule has 0 bridgehead atoms. The summed E-state index contributed by atoms with van der Waals surface area (Å²) in [6.07, 6.45) is 9.61. The van der Waals surface area contributed by atoms with E-state index in [4.69, 9.17) is 0 Å². The second-order valence-electron chi connectivity index (χ2n) is 3.45. The predicted octanol–water partition coefficient (Wildman–Crippen LogP) is 3.50. The number of halogens is 1. The Morgan fingerprint density at radius 3 is 3.00 bits per heavy atom. The summed E-state index contributed by atoms with van der Waals surface area (Å²) >= 11 is 0. The lowest BCUT2D eigenvalue weighted by Crippen LogP contribution is -1.90. The number of nitrogens with zero attached hydrogens (tertiary/aromatic N) is 1. The van der Waals surface area contributed by atoms with Crippen LogP contribution in [0.4, 0.5) is 4.39 Å². The molecule has 0 aliphatic heterocycles. The van der Waals surface area contributed by atoms with Gasteiger partial charge in [0.25, 0.3) is 0 Å². The van der Waals surface area contributed by atoms with Gasteiger partial charge in [0.05, 0.1) is 0 Å². The zero-order valence-electron chi connectivity index (χ0n) is 7.91. The molecule has 0 spiro atoms. The van der Waals surface area contributed by atoms with E-state index < -0.39 is 0 Å². The minimum atomic E-state index is -0.00797. The quantitative estimate of drug-likeness (QED) is 0.658. The Hall–Kier alpha value is -1.44. The number of allylic oxidation sites excluding steroid dienone is 3. The van der Waals surface area contributed by atoms with E-state index in [1.54, 1.807) is 18.5 Å². The summed E-state index contributed by atoms with van der Waals surface area (Å²) in [5.74, 6) is -0.00797. The van der Waals surface area contributed by atoms with Crippen molar-refractivity contribution in [3.63, 3.8) is 0 Å². The topological polar surface area (TPSA) is 12.9 Å². The fourth-order valence-corrected chi connectivity index (χ4v) is 1.60. The average Bonchev–Trinajstić information content (AvgIpc) is 2.19. The van der Waals surface area contributed by atoms with Gasteiger partial charge in [-0.3, -0.25) is 4.98 Å². The van der Waals surface area contributed by atoms with Crippen molar-refractivity contribution in [2.45, 2.75) is 19.3 Å². The Morgan fingerprint density at radius 2 is 2.29 bits per heavy atom. The van der Waals surface area contributed by atoms with Crippen molar-refractivity contribution in [3.05, 3.63) is 47.6 Å². The smallest absolute Gasteiger partial charge is 0.100 e. The molecule has 2 rings (SSSR count). The first kappa shape index (κ1) is 9.13. The number of aromatic nitrogens is 1. The highest BCUT2D eigenvalue weighted by atomic mass is 19.1. The lowest BCUT2D eigenvalue weighted by atomic mass is 9.99. The zero-order chi connectivity index (χ0) is 9.80. The third kappa shape index (κ3) is 2.28. The molecular weight excluding hydrogens is 177 g/mol. The van der Waals surface area contributed by atoms with E-state index in [0.29, 0.717) is 6.42 Å². The Balaban J connectivity index is 2.23. The molecule has 0 fully saturated rings. The standard InChI is InChI=1S/C12H12FN/c13-12-5-1-3-10(8-12)7-11-4-2-6-14-9-11/h2,4,6-9H,1,3,5H2/b10-7+. The van der Waals surface area contributed by atoms with Crippen molar-refractivity contribution >= 4 is 6.08 Å². The Labute approximate surface area is 83.0 Å². The maximum atomic E-state index is 12.9. The van der Waals surface area contributed by atoms with E-state index >= 15 is 0 Å². The maximum Gasteiger partial charge on any atom is 0.100 e. The van der Waals surface area contributed by atoms with E-state index in [0.717, 1.165) is 24.0 Å². The average molecular weight is 189 g/mol. The zero-order valence-corrected chi connectivity index (χ0v) is 7.91. The highest BCUT2D eigenvalue weighted by Crippen LogP contribution is 2.24. The van der Waals surface area contributed by atoms with E-state index in [1.165, 1.54) is 0 Å². The van der Waals surface area contributed by atoms with Gasteiger partial charge < -0.3 is 0 Å². The summed E-state index contributed by atoms with van der Waals surface area (Å²) in [5, 5.41) is 0. The summed E-state index contributed by atoms with van der Waals surface area (Å²) in [6, 6.07) is 3.86. The number of hydrogen-bond acceptors (Lipinski definition) is 1. The van der Waals surface area contributed by atoms with Gasteiger partial charge >= 0.3 is 0 Å². The minimum absolute atomic E-state index is 0.00797. The van der Waals surface area contributed by atoms with Crippen molar-refractivity contribution in [1.29, 1.82) is 0 Å². The first-order valence-corrected chi connectivity index (χ1v) is 4.81. The van der Waals surface area contributed by atoms with Gasteiger partial charge in [-0.1, -0.05) is 12.1 Å². The van der Waals surface area contributed by atoms with E-state index in [1.807, 2.05) is 18.2 Å². The van der Waals surface area contributed by atoms with Crippen LogP contribution in [0.2, 0.25) is 0 Å². The molecular formula is C12H12FN. The highest BCUT2D eigenvalue weighted by Gasteiger charge is 2.06. The predicted molar refractivity (Wildman–Crippen MR) is 55.3 cm³/mol. The van der Waals surface area contributed by atoms with Gasteiger partial charge in [-0.05, 0) is 42.5 Å². The Morgan fingerprint density at radius 1 is 1.36 bits per heavy atom. The second-order valence-corrected chi connectivity index (χ2v) is 3.45. The van der Waals surface area contributed by atoms with Crippen molar-refractivity contribution in [3.8, 4) is 0 Å². The summed E-state index contributed by atoms with van der Waals surface area (Å²) in [6.45, 7) is 0. The molecule has 0 saturated heterocycles. The summed E-state index contributed by atoms with van der Waals surface area (Å²) < 4.78 is 12.9. The third-order valence-corrected chi connectivity index (χ3v) is 2.26. The molecule has 72 valence electrons. The molecule has 0 atom stereocenters. The first-order valence-electron chi connectivity index (χ1n) is 4.81. The molecule has 0 saturated carbocycles. The van der Waals surface area contributed by atoms with Crippen LogP contribution in [0.3, 0.4) is 0 Å². The van der Waals surface area contributed by atoms with Gasteiger partial charge in [0, 0.05) is 12.4 Å². The monoisotopic (exact) mass is 189 g/mol. The van der Waals surface area contributed by atoms with Crippen LogP contribution >= 0.6 is 0 Å². The molecule has 0 unspecified atom stereocenters. The number of rotatable bonds is 1. The number of pyridine rings is 1. The summed E-state index contributed by atoms with van der Waals surface area (Å²) in [7, 11) is 0. The summed E-state index contributed by atoms with van der Waals surface area (Å²) in [5.41, 5.74) is 2.09. The van der Waals surface area contributed by atoms with Crippen molar-refractivity contribution < 1.29 is 4.39 Å². The van der Waals surface area contributed by atoms with E-state index in [-0.39, 0.29) is 5.83 Å². The van der Waals surface area contributed by atoms with Gasteiger partial charge in [-0.15, -0.1) is 0 Å². The third-order valence-electron chi connectivity index (χ3n) is 2.26. The van der Waals surface area contributed by atoms with Crippen LogP contribution in [0, 0.1) is 0 Å². The van der Waals surface area contributed by atoms with Crippen LogP contribution in [0.1, 0.15) is 24.8 Å². The van der Waals surface area contributed by atoms with Crippen LogP contribution in [0.15, 0.2) is 42.0 Å². The largest absolute Gasteiger partial charge is 0.264 e. The molecule has 1 aromatic heterocycles. The molecule has 0 aromatic carbocycles. The molecule has 1 aromatic rings. The van der Waals surface area contributed by atoms with Gasteiger partial charge in [0.2, 0.25) is 0 Å². The van der Waals surface area contributed by atoms with Crippen LogP contribution in [0.5, 0.6) is 0 Å². The second kappa shape index (κ2) is 4.18. The van der Waals surface area contributed by atoms with Gasteiger partial charge in [-0.2, -0.15) is 0 Å². The van der Waals surface area contributed by atoms with Crippen molar-refractivity contribution in [2.75, 3.05) is 0 Å². The summed E-state index contributed by atoms with van der Waals surface area (Å²) in [4.78, 5) is 4.01. The maximum absolute atomic E-state index is 12.9. The Bertz CT molecular complexity index is 365. The molecule has 1 heterocycles. The molecule has 1 aliphatic rings. The van der Waals surface area contributed by atoms with Gasteiger partial charge in [0.15, 0.2) is 0 Å². The molecule has 0 radical (unpaired) electrons. The van der Waals surface area contributed by atoms with E-state index in [9.17, 15) is 4.39 Å². The van der Waals surface area contributed by atoms with Crippen molar-refractivity contribution in [1.82, 2.24) is 4.98 Å². The lowest BCUT2D eigenvalue weighted by molar-refractivity contribution is 0.558. The molecule has 1 nitrogen and oxygen atoms in total. The molecule has 0 N–H and O–H groups in total. The minimum Gasteiger partial charge on any atom is -0.264 e. The molecule has 2 heteroatoms. The van der Waals surface area contributed by atoms with E-state index in [2.05, 4.69) is 4.98 Å². The van der Waals surface area contributed by atoms with Crippen LogP contribution in [-0.2, 0) is 0 Å². The molecule has 1 aliphatic carbocycles. The van der Waals surface area contributed by atoms with Crippen LogP contribution in [-0.4, -0.2) is 4.98 Å². The Kier molecular flexibility index (Phi) is 2.73. The highest BCUT2D eigenvalue weighted by molar-refractivity contribution is 5.55. The first-order chi connectivity index (χ1) is 6.84. The SMILES string of the molecule is FC1=C/C(=C/c2cccnc2)CCC1. The fourth-order valence-electron chi connectivity index (χ4n) is 1.60. The lowest BCUT2D eigenvalue weighted by Gasteiger charge is -2.08. The fraction of sp³-hybridized carbons (Fsp3) is 0.250. The molecule has 14 heavy (non-hydrogen) atoms. The van der Waals surface area contributed by atoms with Gasteiger partial charge in [0.1, 0.15) is 5.83 Å². The van der Waals surface area contributed by atoms with Crippen LogP contribution in [0.25, 0.3) is 6.08 Å². The number of hydrogen-bond donors (Lipinski definition) is 0. The normalized spacial score (nSPS) is 19.5. The van der Waals surface area contributed by atoms with Crippen molar-refractivity contribution in [2.24, 2.45) is 0 Å². The van der Waals surface area contributed by atoms with Crippen LogP contribution < -0.4 is 0 Å².